The number of aryl methyl sites for hydroxylation is 1. The highest BCUT2D eigenvalue weighted by molar-refractivity contribution is 6.13. The van der Waals surface area contributed by atoms with E-state index < -0.39 is 23.6 Å². The normalized spacial score (nSPS) is 15.0. The molecule has 1 N–H and O–H groups in total. The van der Waals surface area contributed by atoms with E-state index in [1.165, 1.54) is 35.3 Å². The lowest BCUT2D eigenvalue weighted by atomic mass is 9.90. The zero-order valence-electron chi connectivity index (χ0n) is 21.0. The van der Waals surface area contributed by atoms with Gasteiger partial charge in [0.1, 0.15) is 11.6 Å². The highest BCUT2D eigenvalue weighted by Gasteiger charge is 2.36. The average Bonchev–Trinajstić information content (AvgIpc) is 3.37. The molecular weight excluding hydrogens is 496 g/mol. The summed E-state index contributed by atoms with van der Waals surface area (Å²) in [4.78, 5) is 30.2. The minimum atomic E-state index is -0.617. The van der Waals surface area contributed by atoms with Crippen molar-refractivity contribution < 1.29 is 13.6 Å². The molecule has 0 saturated heterocycles. The van der Waals surface area contributed by atoms with Gasteiger partial charge in [-0.25, -0.2) is 13.8 Å². The van der Waals surface area contributed by atoms with Gasteiger partial charge in [0.25, 0.3) is 11.5 Å². The van der Waals surface area contributed by atoms with E-state index in [4.69, 9.17) is 0 Å². The Hall–Kier alpha value is -4.91. The van der Waals surface area contributed by atoms with Crippen LogP contribution >= 0.6 is 0 Å². The zero-order valence-corrected chi connectivity index (χ0v) is 21.0. The van der Waals surface area contributed by atoms with E-state index in [1.807, 2.05) is 55.5 Å². The number of fused-ring (bicyclic) bond motifs is 1. The lowest BCUT2D eigenvalue weighted by Crippen LogP contribution is -2.27. The molecule has 6 rings (SSSR count). The van der Waals surface area contributed by atoms with Gasteiger partial charge in [0.15, 0.2) is 0 Å². The molecule has 7 heteroatoms. The summed E-state index contributed by atoms with van der Waals surface area (Å²) >= 11 is 0. The van der Waals surface area contributed by atoms with Gasteiger partial charge in [0.2, 0.25) is 0 Å². The maximum Gasteiger partial charge on any atom is 0.274 e. The van der Waals surface area contributed by atoms with Gasteiger partial charge < -0.3 is 4.98 Å². The first kappa shape index (κ1) is 24.4. The Labute approximate surface area is 223 Å². The number of amides is 1. The molecule has 192 valence electrons. The van der Waals surface area contributed by atoms with Crippen LogP contribution in [-0.4, -0.2) is 21.6 Å². The fraction of sp³-hybridized carbons (Fsp3) is 0.0938. The second kappa shape index (κ2) is 9.76. The van der Waals surface area contributed by atoms with Crippen molar-refractivity contribution in [1.29, 1.82) is 0 Å². The number of pyridine rings is 1. The summed E-state index contributed by atoms with van der Waals surface area (Å²) in [5.41, 5.74) is 4.53. The second-order valence-corrected chi connectivity index (χ2v) is 9.59. The summed E-state index contributed by atoms with van der Waals surface area (Å²) in [6.07, 6.45) is 0.215. The molecule has 39 heavy (non-hydrogen) atoms. The number of halogens is 2. The van der Waals surface area contributed by atoms with Crippen LogP contribution < -0.4 is 5.56 Å². The van der Waals surface area contributed by atoms with E-state index in [9.17, 15) is 18.4 Å². The van der Waals surface area contributed by atoms with Crippen molar-refractivity contribution in [1.82, 2.24) is 9.99 Å². The third-order valence-electron chi connectivity index (χ3n) is 7.00. The standard InChI is InChI=1S/C32H23F2N3O2/c1-19-9-11-21(12-10-19)29-25-7-2-3-8-26(25)35-31(38)30(29)27-18-28(20-13-15-23(33)16-14-20)37(36-27)32(39)22-5-4-6-24(34)17-22/h2-17,28H,18H2,1H3,(H,35,38)/t28-/m0/s1. The Morgan fingerprint density at radius 2 is 1.62 bits per heavy atom. The molecule has 0 unspecified atom stereocenters. The van der Waals surface area contributed by atoms with Gasteiger partial charge in [-0.1, -0.05) is 66.2 Å². The number of rotatable bonds is 4. The number of aromatic amines is 1. The lowest BCUT2D eigenvalue weighted by molar-refractivity contribution is 0.0710. The molecule has 2 heterocycles. The predicted molar refractivity (Wildman–Crippen MR) is 148 cm³/mol. The van der Waals surface area contributed by atoms with E-state index in [2.05, 4.69) is 10.1 Å². The monoisotopic (exact) mass is 519 g/mol. The molecule has 0 radical (unpaired) electrons. The number of nitrogens with zero attached hydrogens (tertiary/aromatic N) is 2. The van der Waals surface area contributed by atoms with Crippen LogP contribution in [0.2, 0.25) is 0 Å². The van der Waals surface area contributed by atoms with Crippen LogP contribution in [0.3, 0.4) is 0 Å². The number of nitrogens with one attached hydrogen (secondary N) is 1. The fourth-order valence-corrected chi connectivity index (χ4v) is 5.09. The minimum Gasteiger partial charge on any atom is -0.321 e. The summed E-state index contributed by atoms with van der Waals surface area (Å²) in [7, 11) is 0. The number of carbonyl (C=O) groups excluding carboxylic acids is 1. The van der Waals surface area contributed by atoms with Crippen molar-refractivity contribution in [3.8, 4) is 11.1 Å². The van der Waals surface area contributed by atoms with Crippen molar-refractivity contribution in [2.75, 3.05) is 0 Å². The fourth-order valence-electron chi connectivity index (χ4n) is 5.09. The molecule has 5 aromatic rings. The number of hydrazone groups is 1. The number of para-hydroxylation sites is 1. The number of hydrogen-bond acceptors (Lipinski definition) is 3. The van der Waals surface area contributed by atoms with Crippen molar-refractivity contribution in [2.24, 2.45) is 5.10 Å². The number of H-pyrrole nitrogens is 1. The molecule has 1 amide bonds. The maximum absolute atomic E-state index is 14.0. The molecular formula is C32H23F2N3O2. The van der Waals surface area contributed by atoms with Crippen molar-refractivity contribution >= 4 is 22.5 Å². The third kappa shape index (κ3) is 4.52. The van der Waals surface area contributed by atoms with E-state index >= 15 is 0 Å². The van der Waals surface area contributed by atoms with Crippen LogP contribution in [0.5, 0.6) is 0 Å². The van der Waals surface area contributed by atoms with Crippen LogP contribution in [-0.2, 0) is 0 Å². The highest BCUT2D eigenvalue weighted by atomic mass is 19.1. The molecule has 0 aliphatic carbocycles. The first-order valence-corrected chi connectivity index (χ1v) is 12.5. The van der Waals surface area contributed by atoms with Crippen molar-refractivity contribution in [3.05, 3.63) is 141 Å². The molecule has 1 aliphatic rings. The van der Waals surface area contributed by atoms with Crippen molar-refractivity contribution in [2.45, 2.75) is 19.4 Å². The highest BCUT2D eigenvalue weighted by Crippen LogP contribution is 2.37. The predicted octanol–water partition coefficient (Wildman–Crippen LogP) is 6.77. The zero-order chi connectivity index (χ0) is 27.1. The Kier molecular flexibility index (Phi) is 6.11. The second-order valence-electron chi connectivity index (χ2n) is 9.59. The largest absolute Gasteiger partial charge is 0.321 e. The number of benzene rings is 4. The van der Waals surface area contributed by atoms with Gasteiger partial charge in [-0.2, -0.15) is 5.10 Å². The van der Waals surface area contributed by atoms with Crippen LogP contribution in [0.1, 0.15) is 39.5 Å². The van der Waals surface area contributed by atoms with Crippen LogP contribution in [0.15, 0.2) is 107 Å². The van der Waals surface area contributed by atoms with Gasteiger partial charge in [-0.15, -0.1) is 0 Å². The van der Waals surface area contributed by atoms with E-state index in [-0.39, 0.29) is 17.5 Å². The van der Waals surface area contributed by atoms with Gasteiger partial charge >= 0.3 is 0 Å². The molecule has 5 nitrogen and oxygen atoms in total. The smallest absolute Gasteiger partial charge is 0.274 e. The Morgan fingerprint density at radius 3 is 2.36 bits per heavy atom. The van der Waals surface area contributed by atoms with Gasteiger partial charge in [0.05, 0.1) is 17.3 Å². The van der Waals surface area contributed by atoms with Crippen LogP contribution in [0.25, 0.3) is 22.0 Å². The quantitative estimate of drug-likeness (QED) is 0.285. The number of aromatic nitrogens is 1. The first-order chi connectivity index (χ1) is 18.9. The topological polar surface area (TPSA) is 65.5 Å². The van der Waals surface area contributed by atoms with Crippen LogP contribution in [0, 0.1) is 18.6 Å². The molecule has 1 aliphatic heterocycles. The number of carbonyl (C=O) groups is 1. The summed E-state index contributed by atoms with van der Waals surface area (Å²) < 4.78 is 27.8. The van der Waals surface area contributed by atoms with Crippen molar-refractivity contribution in [3.63, 3.8) is 0 Å². The van der Waals surface area contributed by atoms with Gasteiger partial charge in [-0.05, 0) is 54.4 Å². The molecule has 0 bridgehead atoms. The maximum atomic E-state index is 14.0. The summed E-state index contributed by atoms with van der Waals surface area (Å²) in [6, 6.07) is 26.0. The van der Waals surface area contributed by atoms with E-state index in [0.717, 1.165) is 22.6 Å². The number of hydrogen-bond donors (Lipinski definition) is 1. The van der Waals surface area contributed by atoms with E-state index in [1.54, 1.807) is 12.1 Å². The summed E-state index contributed by atoms with van der Waals surface area (Å²) in [5.74, 6) is -1.48. The minimum absolute atomic E-state index is 0.123. The Morgan fingerprint density at radius 1 is 0.872 bits per heavy atom. The molecule has 1 atom stereocenters. The average molecular weight is 520 g/mol. The molecule has 0 spiro atoms. The Bertz CT molecular complexity index is 1810. The van der Waals surface area contributed by atoms with Gasteiger partial charge in [0, 0.05) is 28.5 Å². The molecule has 4 aromatic carbocycles. The molecule has 0 fully saturated rings. The van der Waals surface area contributed by atoms with Gasteiger partial charge in [-0.3, -0.25) is 9.59 Å². The van der Waals surface area contributed by atoms with E-state index in [0.29, 0.717) is 27.9 Å². The Balaban J connectivity index is 1.56. The summed E-state index contributed by atoms with van der Waals surface area (Å²) in [6.45, 7) is 1.99. The third-order valence-corrected chi connectivity index (χ3v) is 7.00. The first-order valence-electron chi connectivity index (χ1n) is 12.5. The molecule has 0 saturated carbocycles. The van der Waals surface area contributed by atoms with Crippen LogP contribution in [0.4, 0.5) is 8.78 Å². The summed E-state index contributed by atoms with van der Waals surface area (Å²) in [5, 5.41) is 6.79. The SMILES string of the molecule is Cc1ccc(-c2c(C3=NN(C(=O)c4cccc(F)c4)[C@H](c4ccc(F)cc4)C3)c(=O)[nH]c3ccccc23)cc1. The molecule has 1 aromatic heterocycles. The lowest BCUT2D eigenvalue weighted by Gasteiger charge is -2.22.